The summed E-state index contributed by atoms with van der Waals surface area (Å²) >= 11 is 0. The maximum atomic E-state index is 12.3. The smallest absolute Gasteiger partial charge is 0.337 e. The second kappa shape index (κ2) is 6.65. The highest BCUT2D eigenvalue weighted by Gasteiger charge is 2.43. The molecule has 2 aromatic rings. The Morgan fingerprint density at radius 1 is 1.36 bits per heavy atom. The molecule has 4 rings (SSSR count). The Kier molecular flexibility index (Phi) is 4.36. The van der Waals surface area contributed by atoms with Crippen LogP contribution in [0.5, 0.6) is 6.01 Å². The average Bonchev–Trinajstić information content (AvgIpc) is 3.27. The van der Waals surface area contributed by atoms with Gasteiger partial charge >= 0.3 is 5.63 Å². The zero-order valence-corrected chi connectivity index (χ0v) is 14.5. The van der Waals surface area contributed by atoms with E-state index >= 15 is 0 Å². The third kappa shape index (κ3) is 3.34. The maximum Gasteiger partial charge on any atom is 0.337 e. The predicted molar refractivity (Wildman–Crippen MR) is 93.9 cm³/mol. The number of rotatable bonds is 7. The molecule has 2 heterocycles. The molecule has 2 atom stereocenters. The van der Waals surface area contributed by atoms with E-state index in [9.17, 15) is 9.59 Å². The Morgan fingerprint density at radius 2 is 2.20 bits per heavy atom. The minimum atomic E-state index is -0.496. The van der Waals surface area contributed by atoms with Crippen LogP contribution in [0.3, 0.4) is 0 Å². The quantitative estimate of drug-likeness (QED) is 0.780. The summed E-state index contributed by atoms with van der Waals surface area (Å²) in [6.07, 6.45) is 8.32. The minimum absolute atomic E-state index is 0.0512. The van der Waals surface area contributed by atoms with Crippen molar-refractivity contribution in [1.82, 2.24) is 9.97 Å². The van der Waals surface area contributed by atoms with Crippen LogP contribution in [0.2, 0.25) is 0 Å². The average molecular weight is 344 g/mol. The number of aromatic amines is 1. The third-order valence-corrected chi connectivity index (χ3v) is 5.75. The number of nitrogens with one attached hydrogen (secondary N) is 1. The second-order valence-corrected chi connectivity index (χ2v) is 7.34. The molecule has 0 aliphatic heterocycles. The van der Waals surface area contributed by atoms with Gasteiger partial charge in [-0.3, -0.25) is 9.78 Å². The van der Waals surface area contributed by atoms with Gasteiger partial charge < -0.3 is 9.15 Å². The Bertz CT molecular complexity index is 881. The lowest BCUT2D eigenvalue weighted by Gasteiger charge is -2.25. The van der Waals surface area contributed by atoms with Gasteiger partial charge in [-0.15, -0.1) is 0 Å². The van der Waals surface area contributed by atoms with Crippen molar-refractivity contribution in [2.75, 3.05) is 6.61 Å². The van der Waals surface area contributed by atoms with Crippen molar-refractivity contribution >= 4 is 11.1 Å². The van der Waals surface area contributed by atoms with E-state index in [1.807, 2.05) is 6.92 Å². The van der Waals surface area contributed by atoms with E-state index in [-0.39, 0.29) is 17.3 Å². The van der Waals surface area contributed by atoms with Crippen LogP contribution in [0.25, 0.3) is 11.1 Å². The monoisotopic (exact) mass is 344 g/mol. The fraction of sp³-hybridized carbons (Fsp3) is 0.632. The molecule has 2 aliphatic carbocycles. The van der Waals surface area contributed by atoms with E-state index in [0.717, 1.165) is 24.2 Å². The summed E-state index contributed by atoms with van der Waals surface area (Å²) in [4.78, 5) is 30.6. The number of hydrogen-bond donors (Lipinski definition) is 1. The summed E-state index contributed by atoms with van der Waals surface area (Å²) in [6, 6.07) is 1.47. The minimum Gasteiger partial charge on any atom is -0.465 e. The van der Waals surface area contributed by atoms with Crippen LogP contribution in [-0.2, 0) is 6.42 Å². The molecular weight excluding hydrogens is 320 g/mol. The van der Waals surface area contributed by atoms with Crippen LogP contribution in [0.4, 0.5) is 0 Å². The summed E-state index contributed by atoms with van der Waals surface area (Å²) in [5.74, 6) is 2.80. The zero-order chi connectivity index (χ0) is 17.4. The molecule has 1 N–H and O–H groups in total. The topological polar surface area (TPSA) is 85.2 Å². The van der Waals surface area contributed by atoms with E-state index < -0.39 is 5.63 Å². The summed E-state index contributed by atoms with van der Waals surface area (Å²) < 4.78 is 10.7. The molecule has 134 valence electrons. The number of fused-ring (bicyclic) bond motifs is 1. The molecule has 2 saturated carbocycles. The molecule has 6 heteroatoms. The van der Waals surface area contributed by atoms with Gasteiger partial charge in [0.1, 0.15) is 5.39 Å². The number of nitrogens with zero attached hydrogens (tertiary/aromatic N) is 1. The van der Waals surface area contributed by atoms with Crippen LogP contribution >= 0.6 is 0 Å². The highest BCUT2D eigenvalue weighted by molar-refractivity contribution is 5.75. The third-order valence-electron chi connectivity index (χ3n) is 5.75. The van der Waals surface area contributed by atoms with Crippen molar-refractivity contribution in [1.29, 1.82) is 0 Å². The van der Waals surface area contributed by atoms with Gasteiger partial charge in [-0.25, -0.2) is 4.79 Å². The lowest BCUT2D eigenvalue weighted by atomic mass is 9.80. The van der Waals surface area contributed by atoms with Gasteiger partial charge in [0.05, 0.1) is 6.61 Å². The number of hydrogen-bond acceptors (Lipinski definition) is 5. The van der Waals surface area contributed by atoms with E-state index in [4.69, 9.17) is 9.15 Å². The van der Waals surface area contributed by atoms with Crippen LogP contribution in [0, 0.1) is 17.8 Å². The van der Waals surface area contributed by atoms with Crippen LogP contribution in [0.1, 0.15) is 51.0 Å². The van der Waals surface area contributed by atoms with Crippen LogP contribution < -0.4 is 15.9 Å². The first-order valence-corrected chi connectivity index (χ1v) is 9.35. The first-order chi connectivity index (χ1) is 12.2. The van der Waals surface area contributed by atoms with Crippen LogP contribution in [-0.4, -0.2) is 16.6 Å². The van der Waals surface area contributed by atoms with Gasteiger partial charge in [0.15, 0.2) is 0 Å². The molecule has 2 fully saturated rings. The van der Waals surface area contributed by atoms with E-state index in [2.05, 4.69) is 9.97 Å². The van der Waals surface area contributed by atoms with Gasteiger partial charge in [0.25, 0.3) is 11.6 Å². The lowest BCUT2D eigenvalue weighted by Crippen LogP contribution is -2.16. The molecular formula is C19H24N2O4. The Hall–Kier alpha value is -2.11. The highest BCUT2D eigenvalue weighted by atomic mass is 16.5. The van der Waals surface area contributed by atoms with Gasteiger partial charge in [-0.05, 0) is 49.0 Å². The van der Waals surface area contributed by atoms with Gasteiger partial charge in [0.2, 0.25) is 5.71 Å². The maximum absolute atomic E-state index is 12.3. The molecule has 2 unspecified atom stereocenters. The Morgan fingerprint density at radius 3 is 2.92 bits per heavy atom. The highest BCUT2D eigenvalue weighted by Crippen LogP contribution is 2.53. The summed E-state index contributed by atoms with van der Waals surface area (Å²) in [5, 5.41) is 0.329. The second-order valence-electron chi connectivity index (χ2n) is 7.34. The van der Waals surface area contributed by atoms with E-state index in [1.165, 1.54) is 38.2 Å². The Labute approximate surface area is 145 Å². The number of aromatic nitrogens is 2. The number of H-pyrrole nitrogens is 1. The first kappa shape index (κ1) is 16.4. The Balaban J connectivity index is 1.37. The summed E-state index contributed by atoms with van der Waals surface area (Å²) in [7, 11) is 0. The van der Waals surface area contributed by atoms with Crippen molar-refractivity contribution in [3.05, 3.63) is 32.4 Å². The first-order valence-electron chi connectivity index (χ1n) is 9.35. The fourth-order valence-electron chi connectivity index (χ4n) is 4.04. The molecule has 0 radical (unpaired) electrons. The molecule has 2 aliphatic rings. The molecule has 2 aromatic heterocycles. The largest absolute Gasteiger partial charge is 0.465 e. The lowest BCUT2D eigenvalue weighted by molar-refractivity contribution is 0.252. The predicted octanol–water partition coefficient (Wildman–Crippen LogP) is 3.03. The molecule has 0 spiro atoms. The van der Waals surface area contributed by atoms with Crippen molar-refractivity contribution in [2.45, 2.75) is 51.9 Å². The van der Waals surface area contributed by atoms with Crippen molar-refractivity contribution < 1.29 is 9.15 Å². The van der Waals surface area contributed by atoms with Gasteiger partial charge in [-0.2, -0.15) is 4.98 Å². The molecule has 0 aromatic carbocycles. The number of ether oxygens (including phenoxy) is 1. The standard InChI is InChI=1S/C19H24N2O4/c1-2-11-10-15(22)25-18-16(11)17(23)20-19(21-18)24-8-4-7-13-9-14(13)12-5-3-6-12/h10,12-14H,2-9H2,1H3,(H,20,21,23). The zero-order valence-electron chi connectivity index (χ0n) is 14.5. The van der Waals surface area contributed by atoms with Crippen molar-refractivity contribution in [3.8, 4) is 6.01 Å². The van der Waals surface area contributed by atoms with Crippen molar-refractivity contribution in [2.24, 2.45) is 17.8 Å². The molecule has 25 heavy (non-hydrogen) atoms. The number of aryl methyl sites for hydroxylation is 1. The molecule has 0 bridgehead atoms. The van der Waals surface area contributed by atoms with Crippen molar-refractivity contribution in [3.63, 3.8) is 0 Å². The normalized spacial score (nSPS) is 22.8. The van der Waals surface area contributed by atoms with Gasteiger partial charge in [0, 0.05) is 6.07 Å². The van der Waals surface area contributed by atoms with Crippen LogP contribution in [0.15, 0.2) is 20.1 Å². The SMILES string of the molecule is CCc1cc(=O)oc2nc(OCCCC3CC3C3CCC3)[nH]c(=O)c12. The fourth-order valence-corrected chi connectivity index (χ4v) is 4.04. The van der Waals surface area contributed by atoms with E-state index in [1.54, 1.807) is 0 Å². The molecule has 6 nitrogen and oxygen atoms in total. The summed E-state index contributed by atoms with van der Waals surface area (Å²) in [6.45, 7) is 2.40. The molecule has 0 saturated heterocycles. The van der Waals surface area contributed by atoms with Gasteiger partial charge in [-0.1, -0.05) is 26.2 Å². The molecule has 0 amide bonds. The van der Waals surface area contributed by atoms with E-state index in [0.29, 0.717) is 24.0 Å². The summed E-state index contributed by atoms with van der Waals surface area (Å²) in [5.41, 5.74) is -0.130.